The fourth-order valence-electron chi connectivity index (χ4n) is 1.35. The Hall–Kier alpha value is 1.49. The molecule has 0 heterocycles. The Morgan fingerprint density at radius 2 is 1.17 bits per heavy atom. The quantitative estimate of drug-likeness (QED) is 0.782. The molecule has 80 valence electrons. The van der Waals surface area contributed by atoms with E-state index in [9.17, 15) is 0 Å². The van der Waals surface area contributed by atoms with Gasteiger partial charge in [-0.05, 0) is 58.6 Å². The lowest BCUT2D eigenvalue weighted by Gasteiger charge is -2.53. The smallest absolute Gasteiger partial charge is 0.0140 e. The average molecular weight is 296 g/mol. The number of nitrogens with zero attached hydrogens (tertiary/aromatic N) is 1. The summed E-state index contributed by atoms with van der Waals surface area (Å²) < 4.78 is 2.69. The molecule has 0 aliphatic heterocycles. The minimum absolute atomic E-state index is 0.120. The maximum atomic E-state index is 3.74. The van der Waals surface area contributed by atoms with Gasteiger partial charge in [0.15, 0.2) is 0 Å². The van der Waals surface area contributed by atoms with Crippen LogP contribution in [0.5, 0.6) is 0 Å². The van der Waals surface area contributed by atoms with Crippen LogP contribution in [0, 0.1) is 0 Å². The molecule has 1 atom stereocenters. The van der Waals surface area contributed by atoms with Crippen molar-refractivity contribution in [3.05, 3.63) is 0 Å². The molecule has 0 N–H and O–H groups in total. The van der Waals surface area contributed by atoms with Crippen molar-refractivity contribution in [3.8, 4) is 0 Å². The van der Waals surface area contributed by atoms with Gasteiger partial charge >= 0.3 is 0 Å². The number of thiol groups is 1. The Morgan fingerprint density at radius 1 is 0.917 bits per heavy atom. The summed E-state index contributed by atoms with van der Waals surface area (Å²) in [7, 11) is -1.26. The first kappa shape index (κ1) is 13.5. The van der Waals surface area contributed by atoms with Gasteiger partial charge in [-0.2, -0.15) is 23.5 Å². The first-order valence-corrected chi connectivity index (χ1v) is 13.0. The largest absolute Gasteiger partial charge is 0.188 e. The Labute approximate surface area is 91.2 Å². The van der Waals surface area contributed by atoms with Gasteiger partial charge in [-0.1, -0.05) is 0 Å². The lowest BCUT2D eigenvalue weighted by atomic mass is 11.9. The van der Waals surface area contributed by atoms with Gasteiger partial charge in [0.2, 0.25) is 0 Å². The maximum Gasteiger partial charge on any atom is -0.0140 e. The van der Waals surface area contributed by atoms with Crippen LogP contribution in [0.25, 0.3) is 0 Å². The van der Waals surface area contributed by atoms with Crippen molar-refractivity contribution in [2.24, 2.45) is 0 Å². The van der Waals surface area contributed by atoms with Crippen LogP contribution >= 0.6 is 44.8 Å². The zero-order chi connectivity index (χ0) is 10.2. The Balaban J connectivity index is 4.70. The van der Waals surface area contributed by atoms with Crippen molar-refractivity contribution in [1.82, 2.24) is 3.12 Å². The van der Waals surface area contributed by atoms with E-state index in [4.69, 9.17) is 0 Å². The first-order chi connectivity index (χ1) is 5.07. The van der Waals surface area contributed by atoms with Crippen molar-refractivity contribution < 1.29 is 0 Å². The van der Waals surface area contributed by atoms with E-state index in [-0.39, 0.29) is 9.51 Å². The summed E-state index contributed by atoms with van der Waals surface area (Å²) in [6, 6.07) is 0. The molecule has 0 aliphatic carbocycles. The Kier molecular flexibility index (Phi) is 4.88. The van der Waals surface area contributed by atoms with E-state index in [0.717, 1.165) is 0 Å². The molecule has 0 aromatic rings. The second-order valence-corrected chi connectivity index (χ2v) is 17.2. The zero-order valence-corrected chi connectivity index (χ0v) is 13.2. The van der Waals surface area contributed by atoms with E-state index in [1.54, 1.807) is 0 Å². The molecule has 0 fully saturated rings. The van der Waals surface area contributed by atoms with Gasteiger partial charge in [0.05, 0.1) is 0 Å². The van der Waals surface area contributed by atoms with E-state index in [0.29, 0.717) is 0 Å². The lowest BCUT2D eigenvalue weighted by Crippen LogP contribution is -2.23. The van der Waals surface area contributed by atoms with E-state index in [2.05, 4.69) is 61.7 Å². The number of rotatable bonds is 3. The van der Waals surface area contributed by atoms with E-state index >= 15 is 0 Å². The van der Waals surface area contributed by atoms with Crippen LogP contribution in [0.15, 0.2) is 0 Å². The van der Waals surface area contributed by atoms with Crippen LogP contribution in [0.1, 0.15) is 0 Å². The SMILES string of the molecule is C[SH](Br)N(S(C)(C)C)S(C)(C)C. The summed E-state index contributed by atoms with van der Waals surface area (Å²) in [6.45, 7) is 0. The Morgan fingerprint density at radius 3 is 1.17 bits per heavy atom. The summed E-state index contributed by atoms with van der Waals surface area (Å²) >= 11 is 3.74. The fraction of sp³-hybridized carbons (Fsp3) is 1.00. The molecule has 0 aromatic heterocycles. The van der Waals surface area contributed by atoms with Gasteiger partial charge in [-0.25, -0.2) is 0 Å². The number of hydrogen-bond donors (Lipinski definition) is 1. The van der Waals surface area contributed by atoms with E-state index in [1.165, 1.54) is 0 Å². The van der Waals surface area contributed by atoms with Gasteiger partial charge in [0.1, 0.15) is 0 Å². The zero-order valence-electron chi connectivity index (χ0n) is 9.09. The molecule has 0 aliphatic rings. The molecule has 1 unspecified atom stereocenters. The second kappa shape index (κ2) is 4.34. The van der Waals surface area contributed by atoms with Crippen LogP contribution in [0.4, 0.5) is 0 Å². The lowest BCUT2D eigenvalue weighted by molar-refractivity contribution is 1.21. The summed E-state index contributed by atoms with van der Waals surface area (Å²) in [4.78, 5) is 0. The third-order valence-electron chi connectivity index (χ3n) is 1.16. The molecule has 0 aromatic carbocycles. The molecular weight excluding hydrogens is 274 g/mol. The molecule has 0 rings (SSSR count). The van der Waals surface area contributed by atoms with Crippen LogP contribution in [-0.2, 0) is 0 Å². The predicted octanol–water partition coefficient (Wildman–Crippen LogP) is 3.36. The fourth-order valence-corrected chi connectivity index (χ4v) is 19.1. The summed E-state index contributed by atoms with van der Waals surface area (Å²) in [5.74, 6) is 0. The molecule has 12 heavy (non-hydrogen) atoms. The minimum Gasteiger partial charge on any atom is -0.188 e. The van der Waals surface area contributed by atoms with E-state index < -0.39 is 20.4 Å². The highest BCUT2D eigenvalue weighted by Gasteiger charge is 2.27. The van der Waals surface area contributed by atoms with Gasteiger partial charge in [-0.15, -0.1) is 9.51 Å². The molecule has 0 amide bonds. The van der Waals surface area contributed by atoms with Crippen molar-refractivity contribution in [2.45, 2.75) is 0 Å². The molecule has 0 radical (unpaired) electrons. The monoisotopic (exact) mass is 295 g/mol. The third-order valence-corrected chi connectivity index (χ3v) is 12.8. The standard InChI is InChI=1S/C7H22BrNS3/c1-10(8)9(11(2,3)4)12(5,6)7/h10H,1-7H3. The molecule has 0 saturated carbocycles. The van der Waals surface area contributed by atoms with Gasteiger partial charge in [0.25, 0.3) is 0 Å². The number of hydrogen-bond acceptors (Lipinski definition) is 1. The summed E-state index contributed by atoms with van der Waals surface area (Å²) in [6.07, 6.45) is 16.5. The van der Waals surface area contributed by atoms with Crippen LogP contribution in [0.2, 0.25) is 0 Å². The normalized spacial score (nSPS) is 20.9. The van der Waals surface area contributed by atoms with Crippen molar-refractivity contribution in [3.63, 3.8) is 0 Å². The predicted molar refractivity (Wildman–Crippen MR) is 76.4 cm³/mol. The molecule has 0 saturated heterocycles. The van der Waals surface area contributed by atoms with Crippen molar-refractivity contribution in [2.75, 3.05) is 43.8 Å². The van der Waals surface area contributed by atoms with Crippen LogP contribution < -0.4 is 0 Å². The molecular formula is C7H22BrNS3. The van der Waals surface area contributed by atoms with Crippen molar-refractivity contribution >= 4 is 44.8 Å². The van der Waals surface area contributed by atoms with Crippen molar-refractivity contribution in [1.29, 1.82) is 0 Å². The highest BCUT2D eigenvalue weighted by Crippen LogP contribution is 2.67. The van der Waals surface area contributed by atoms with Gasteiger partial charge < -0.3 is 0 Å². The van der Waals surface area contributed by atoms with Gasteiger partial charge in [0, 0.05) is 0 Å². The van der Waals surface area contributed by atoms with Crippen LogP contribution in [-0.4, -0.2) is 46.9 Å². The summed E-state index contributed by atoms with van der Waals surface area (Å²) in [5, 5.41) is 0. The van der Waals surface area contributed by atoms with E-state index in [1.807, 2.05) is 0 Å². The maximum absolute atomic E-state index is 3.74. The summed E-state index contributed by atoms with van der Waals surface area (Å²) in [5.41, 5.74) is 0. The third kappa shape index (κ3) is 4.13. The molecule has 1 nitrogen and oxygen atoms in total. The first-order valence-electron chi connectivity index (χ1n) is 3.63. The second-order valence-electron chi connectivity index (χ2n) is 4.23. The average Bonchev–Trinajstić information content (AvgIpc) is 1.49. The van der Waals surface area contributed by atoms with Gasteiger partial charge in [-0.3, -0.25) is 0 Å². The topological polar surface area (TPSA) is 3.24 Å². The molecule has 0 spiro atoms. The molecule has 5 heteroatoms. The highest BCUT2D eigenvalue weighted by atomic mass is 79.9. The molecule has 0 bridgehead atoms. The van der Waals surface area contributed by atoms with Crippen LogP contribution in [0.3, 0.4) is 0 Å². The minimum atomic E-state index is -0.570. The number of halogens is 1. The highest BCUT2D eigenvalue weighted by molar-refractivity contribution is 9.54. The Bertz CT molecular complexity index is 134.